The van der Waals surface area contributed by atoms with Gasteiger partial charge in [-0.1, -0.05) is 78.1 Å². The van der Waals surface area contributed by atoms with Crippen LogP contribution in [0.25, 0.3) is 0 Å². The van der Waals surface area contributed by atoms with Crippen molar-refractivity contribution in [2.45, 2.75) is 76.9 Å². The molecule has 2 amide bonds. The van der Waals surface area contributed by atoms with Gasteiger partial charge in [0.05, 0.1) is 10.6 Å². The van der Waals surface area contributed by atoms with Crippen molar-refractivity contribution in [3.8, 4) is 0 Å². The number of aryl methyl sites for hydroxylation is 3. The maximum atomic E-state index is 14.0. The van der Waals surface area contributed by atoms with Crippen LogP contribution in [0.1, 0.15) is 54.9 Å². The molecule has 0 aromatic heterocycles. The van der Waals surface area contributed by atoms with Gasteiger partial charge in [0.15, 0.2) is 0 Å². The summed E-state index contributed by atoms with van der Waals surface area (Å²) in [5.74, 6) is -0.679. The Hall–Kier alpha value is -3.65. The van der Waals surface area contributed by atoms with E-state index in [9.17, 15) is 18.0 Å². The zero-order chi connectivity index (χ0) is 28.9. The Labute approximate surface area is 238 Å². The second kappa shape index (κ2) is 12.7. The molecule has 212 valence electrons. The third kappa shape index (κ3) is 7.10. The summed E-state index contributed by atoms with van der Waals surface area (Å²) in [5, 5.41) is 3.10. The lowest BCUT2D eigenvalue weighted by Gasteiger charge is -2.32. The van der Waals surface area contributed by atoms with Crippen molar-refractivity contribution in [1.82, 2.24) is 10.2 Å². The Balaban J connectivity index is 1.67. The molecular formula is C32H39N3O4S. The Morgan fingerprint density at radius 2 is 1.32 bits per heavy atom. The van der Waals surface area contributed by atoms with Gasteiger partial charge in [0.1, 0.15) is 12.6 Å². The molecule has 0 saturated heterocycles. The van der Waals surface area contributed by atoms with Crippen LogP contribution in [0, 0.1) is 20.8 Å². The summed E-state index contributed by atoms with van der Waals surface area (Å²) in [6, 6.07) is 20.7. The predicted molar refractivity (Wildman–Crippen MR) is 158 cm³/mol. The maximum absolute atomic E-state index is 14.0. The maximum Gasteiger partial charge on any atom is 0.264 e. The van der Waals surface area contributed by atoms with Gasteiger partial charge in [-0.25, -0.2) is 8.42 Å². The lowest BCUT2D eigenvalue weighted by atomic mass is 10.1. The SMILES string of the molecule is Cc1ccc(CN(C(=O)CN(c2ccc(C)cc2)S(=O)(=O)c2ccc(C)cc2)C(C)C(=O)NC2CCCC2)cc1. The molecular weight excluding hydrogens is 522 g/mol. The standard InChI is InChI=1S/C32H39N3O4S/c1-23-9-15-27(16-10-23)21-34(26(4)32(37)33-28-7-5-6-8-28)31(36)22-35(29-17-11-24(2)12-18-29)40(38,39)30-19-13-25(3)14-20-30/h9-20,26,28H,5-8,21-22H2,1-4H3,(H,33,37). The van der Waals surface area contributed by atoms with Gasteiger partial charge in [-0.2, -0.15) is 0 Å². The first-order valence-electron chi connectivity index (χ1n) is 13.9. The monoisotopic (exact) mass is 561 g/mol. The fraction of sp³-hybridized carbons (Fsp3) is 0.375. The number of anilines is 1. The van der Waals surface area contributed by atoms with Crippen LogP contribution in [0.15, 0.2) is 77.7 Å². The average Bonchev–Trinajstić information content (AvgIpc) is 3.44. The summed E-state index contributed by atoms with van der Waals surface area (Å²) in [4.78, 5) is 28.9. The molecule has 1 N–H and O–H groups in total. The molecule has 1 aliphatic rings. The van der Waals surface area contributed by atoms with E-state index in [1.165, 1.54) is 4.90 Å². The number of hydrogen-bond donors (Lipinski definition) is 1. The molecule has 1 aliphatic carbocycles. The molecule has 1 fully saturated rings. The van der Waals surface area contributed by atoms with Crippen LogP contribution < -0.4 is 9.62 Å². The van der Waals surface area contributed by atoms with Crippen LogP contribution >= 0.6 is 0 Å². The van der Waals surface area contributed by atoms with Gasteiger partial charge >= 0.3 is 0 Å². The molecule has 40 heavy (non-hydrogen) atoms. The predicted octanol–water partition coefficient (Wildman–Crippen LogP) is 5.28. The second-order valence-corrected chi connectivity index (χ2v) is 12.7. The van der Waals surface area contributed by atoms with Crippen LogP contribution in [0.5, 0.6) is 0 Å². The molecule has 0 bridgehead atoms. The van der Waals surface area contributed by atoms with Gasteiger partial charge in [0.2, 0.25) is 11.8 Å². The van der Waals surface area contributed by atoms with Crippen molar-refractivity contribution in [3.63, 3.8) is 0 Å². The summed E-state index contributed by atoms with van der Waals surface area (Å²) >= 11 is 0. The number of nitrogens with zero attached hydrogens (tertiary/aromatic N) is 2. The first-order valence-corrected chi connectivity index (χ1v) is 15.3. The Morgan fingerprint density at radius 1 is 0.825 bits per heavy atom. The summed E-state index contributed by atoms with van der Waals surface area (Å²) in [6.45, 7) is 7.25. The summed E-state index contributed by atoms with van der Waals surface area (Å²) in [7, 11) is -4.07. The van der Waals surface area contributed by atoms with E-state index >= 15 is 0 Å². The van der Waals surface area contributed by atoms with Gasteiger partial charge in [-0.3, -0.25) is 13.9 Å². The zero-order valence-electron chi connectivity index (χ0n) is 23.8. The highest BCUT2D eigenvalue weighted by molar-refractivity contribution is 7.92. The first-order chi connectivity index (χ1) is 19.0. The van der Waals surface area contributed by atoms with Crippen LogP contribution in [-0.2, 0) is 26.2 Å². The molecule has 1 atom stereocenters. The molecule has 7 nitrogen and oxygen atoms in total. The van der Waals surface area contributed by atoms with E-state index in [4.69, 9.17) is 0 Å². The highest BCUT2D eigenvalue weighted by Gasteiger charge is 2.33. The van der Waals surface area contributed by atoms with Crippen molar-refractivity contribution in [2.24, 2.45) is 0 Å². The van der Waals surface area contributed by atoms with Crippen LogP contribution in [-0.4, -0.2) is 43.8 Å². The first kappa shape index (κ1) is 29.3. The number of carbonyl (C=O) groups excluding carboxylic acids is 2. The minimum atomic E-state index is -4.07. The highest BCUT2D eigenvalue weighted by Crippen LogP contribution is 2.25. The Morgan fingerprint density at radius 3 is 1.88 bits per heavy atom. The number of hydrogen-bond acceptors (Lipinski definition) is 4. The molecule has 3 aromatic carbocycles. The van der Waals surface area contributed by atoms with Gasteiger partial charge < -0.3 is 10.2 Å². The minimum absolute atomic E-state index is 0.101. The van der Waals surface area contributed by atoms with Gasteiger partial charge in [0, 0.05) is 12.6 Å². The Bertz CT molecular complexity index is 1410. The van der Waals surface area contributed by atoms with E-state index in [0.29, 0.717) is 5.69 Å². The van der Waals surface area contributed by atoms with Crippen molar-refractivity contribution < 1.29 is 18.0 Å². The van der Waals surface area contributed by atoms with Crippen molar-refractivity contribution in [3.05, 3.63) is 95.1 Å². The van der Waals surface area contributed by atoms with Crippen molar-refractivity contribution in [1.29, 1.82) is 0 Å². The lowest BCUT2D eigenvalue weighted by Crippen LogP contribution is -2.52. The van der Waals surface area contributed by atoms with Crippen LogP contribution in [0.2, 0.25) is 0 Å². The molecule has 0 aliphatic heterocycles. The largest absolute Gasteiger partial charge is 0.352 e. The average molecular weight is 562 g/mol. The van der Waals surface area contributed by atoms with E-state index in [1.54, 1.807) is 43.3 Å². The number of sulfonamides is 1. The molecule has 4 rings (SSSR count). The van der Waals surface area contributed by atoms with E-state index in [1.807, 2.05) is 57.2 Å². The fourth-order valence-corrected chi connectivity index (χ4v) is 6.36. The smallest absolute Gasteiger partial charge is 0.264 e. The van der Waals surface area contributed by atoms with Crippen LogP contribution in [0.3, 0.4) is 0 Å². The molecule has 0 spiro atoms. The second-order valence-electron chi connectivity index (χ2n) is 10.8. The third-order valence-electron chi connectivity index (χ3n) is 7.55. The van der Waals surface area contributed by atoms with Crippen molar-refractivity contribution >= 4 is 27.5 Å². The number of amides is 2. The topological polar surface area (TPSA) is 86.8 Å². The lowest BCUT2D eigenvalue weighted by molar-refractivity contribution is -0.139. The highest BCUT2D eigenvalue weighted by atomic mass is 32.2. The van der Waals surface area contributed by atoms with Crippen molar-refractivity contribution in [2.75, 3.05) is 10.8 Å². The van der Waals surface area contributed by atoms with E-state index < -0.39 is 28.5 Å². The van der Waals surface area contributed by atoms with Crippen LogP contribution in [0.4, 0.5) is 5.69 Å². The normalized spacial score (nSPS) is 14.5. The third-order valence-corrected chi connectivity index (χ3v) is 9.34. The number of nitrogens with one attached hydrogen (secondary N) is 1. The number of benzene rings is 3. The number of carbonyl (C=O) groups is 2. The molecule has 1 unspecified atom stereocenters. The zero-order valence-corrected chi connectivity index (χ0v) is 24.6. The summed E-state index contributed by atoms with van der Waals surface area (Å²) < 4.78 is 28.9. The van der Waals surface area contributed by atoms with E-state index in [0.717, 1.165) is 52.2 Å². The minimum Gasteiger partial charge on any atom is -0.352 e. The van der Waals surface area contributed by atoms with Gasteiger partial charge in [0.25, 0.3) is 10.0 Å². The van der Waals surface area contributed by atoms with Gasteiger partial charge in [-0.05, 0) is 70.4 Å². The molecule has 1 saturated carbocycles. The molecule has 0 heterocycles. The fourth-order valence-electron chi connectivity index (χ4n) is 4.94. The van der Waals surface area contributed by atoms with E-state index in [2.05, 4.69) is 5.32 Å². The molecule has 0 radical (unpaired) electrons. The van der Waals surface area contributed by atoms with Gasteiger partial charge in [-0.15, -0.1) is 0 Å². The molecule has 8 heteroatoms. The Kier molecular flexibility index (Phi) is 9.30. The van der Waals surface area contributed by atoms with E-state index in [-0.39, 0.29) is 23.4 Å². The molecule has 3 aromatic rings. The summed E-state index contributed by atoms with van der Waals surface area (Å²) in [6.07, 6.45) is 4.02. The summed E-state index contributed by atoms with van der Waals surface area (Å²) in [5.41, 5.74) is 4.24. The quantitative estimate of drug-likeness (QED) is 0.365. The number of rotatable bonds is 10.